The molecule has 0 aliphatic heterocycles. The summed E-state index contributed by atoms with van der Waals surface area (Å²) in [5.74, 6) is -0.662. The number of amides is 2. The van der Waals surface area contributed by atoms with Crippen LogP contribution in [0.4, 0.5) is 5.69 Å². The zero-order valence-corrected chi connectivity index (χ0v) is 22.6. The number of benzene rings is 2. The van der Waals surface area contributed by atoms with Gasteiger partial charge in [-0.25, -0.2) is 13.1 Å². The number of carbonyl (C=O) groups is 2. The summed E-state index contributed by atoms with van der Waals surface area (Å²) in [6, 6.07) is 10.4. The molecule has 0 bridgehead atoms. The van der Waals surface area contributed by atoms with Gasteiger partial charge < -0.3 is 14.5 Å². The Hall–Kier alpha value is -2.21. The van der Waals surface area contributed by atoms with Gasteiger partial charge in [0.1, 0.15) is 0 Å². The SMILES string of the molecule is CN(C)c1cccc2c(S(=O)(=O)NC(=O)CCOCCN(C=O)C=CCCCC(S)S)cccc12. The lowest BCUT2D eigenvalue weighted by Crippen LogP contribution is -2.31. The van der Waals surface area contributed by atoms with Crippen molar-refractivity contribution in [2.24, 2.45) is 0 Å². The summed E-state index contributed by atoms with van der Waals surface area (Å²) >= 11 is 8.40. The van der Waals surface area contributed by atoms with Crippen LogP contribution in [0.1, 0.15) is 25.7 Å². The highest BCUT2D eigenvalue weighted by atomic mass is 32.2. The quantitative estimate of drug-likeness (QED) is 0.139. The normalized spacial score (nSPS) is 11.8. The van der Waals surface area contributed by atoms with Crippen LogP contribution in [0, 0.1) is 0 Å². The molecule has 0 saturated carbocycles. The van der Waals surface area contributed by atoms with Gasteiger partial charge in [-0.1, -0.05) is 30.3 Å². The van der Waals surface area contributed by atoms with Crippen LogP contribution in [0.5, 0.6) is 0 Å². The van der Waals surface area contributed by atoms with E-state index in [0.717, 1.165) is 30.3 Å². The number of allylic oxidation sites excluding steroid dienone is 1. The Balaban J connectivity index is 1.84. The van der Waals surface area contributed by atoms with E-state index in [0.29, 0.717) is 18.3 Å². The smallest absolute Gasteiger partial charge is 0.264 e. The van der Waals surface area contributed by atoms with Gasteiger partial charge in [0.05, 0.1) is 24.5 Å². The molecule has 11 heteroatoms. The van der Waals surface area contributed by atoms with Crippen molar-refractivity contribution in [2.45, 2.75) is 35.2 Å². The van der Waals surface area contributed by atoms with E-state index in [2.05, 4.69) is 30.0 Å². The maximum absolute atomic E-state index is 12.9. The second kappa shape index (κ2) is 14.4. The molecule has 2 rings (SSSR count). The van der Waals surface area contributed by atoms with Crippen molar-refractivity contribution in [1.29, 1.82) is 0 Å². The number of unbranched alkanes of at least 4 members (excludes halogenated alkanes) is 1. The van der Waals surface area contributed by atoms with Crippen LogP contribution in [-0.4, -0.2) is 64.1 Å². The fraction of sp³-hybridized carbons (Fsp3) is 0.417. The minimum Gasteiger partial charge on any atom is -0.379 e. The van der Waals surface area contributed by atoms with Crippen molar-refractivity contribution < 1.29 is 22.7 Å². The van der Waals surface area contributed by atoms with Crippen molar-refractivity contribution >= 4 is 64.1 Å². The van der Waals surface area contributed by atoms with Crippen LogP contribution < -0.4 is 9.62 Å². The molecule has 35 heavy (non-hydrogen) atoms. The average Bonchev–Trinajstić information content (AvgIpc) is 2.80. The third kappa shape index (κ3) is 9.40. The Morgan fingerprint density at radius 1 is 1.11 bits per heavy atom. The summed E-state index contributed by atoms with van der Waals surface area (Å²) in [6.45, 7) is 0.574. The fourth-order valence-corrected chi connectivity index (χ4v) is 4.97. The van der Waals surface area contributed by atoms with Gasteiger partial charge in [0.15, 0.2) is 0 Å². The van der Waals surface area contributed by atoms with Gasteiger partial charge in [0.2, 0.25) is 12.3 Å². The highest BCUT2D eigenvalue weighted by Crippen LogP contribution is 2.30. The summed E-state index contributed by atoms with van der Waals surface area (Å²) in [7, 11) is -0.296. The van der Waals surface area contributed by atoms with Gasteiger partial charge in [-0.2, -0.15) is 25.3 Å². The molecule has 2 amide bonds. The third-order valence-corrected chi connectivity index (χ3v) is 7.06. The first-order chi connectivity index (χ1) is 16.7. The zero-order valence-electron chi connectivity index (χ0n) is 20.0. The highest BCUT2D eigenvalue weighted by molar-refractivity contribution is 7.99. The number of fused-ring (bicyclic) bond motifs is 1. The molecule has 2 aromatic carbocycles. The maximum atomic E-state index is 12.9. The van der Waals surface area contributed by atoms with E-state index >= 15 is 0 Å². The molecule has 192 valence electrons. The van der Waals surface area contributed by atoms with Crippen LogP contribution in [0.25, 0.3) is 10.8 Å². The number of sulfonamides is 1. The van der Waals surface area contributed by atoms with Crippen LogP contribution >= 0.6 is 25.3 Å². The van der Waals surface area contributed by atoms with Crippen molar-refractivity contribution in [3.05, 3.63) is 48.7 Å². The predicted molar refractivity (Wildman–Crippen MR) is 147 cm³/mol. The Bertz CT molecular complexity index is 1120. The van der Waals surface area contributed by atoms with E-state index in [4.69, 9.17) is 4.74 Å². The molecule has 0 fully saturated rings. The molecule has 1 N–H and O–H groups in total. The van der Waals surface area contributed by atoms with Gasteiger partial charge in [-0.3, -0.25) is 9.59 Å². The number of carbonyl (C=O) groups excluding carboxylic acids is 2. The highest BCUT2D eigenvalue weighted by Gasteiger charge is 2.21. The molecule has 8 nitrogen and oxygen atoms in total. The predicted octanol–water partition coefficient (Wildman–Crippen LogP) is 3.45. The van der Waals surface area contributed by atoms with E-state index < -0.39 is 15.9 Å². The summed E-state index contributed by atoms with van der Waals surface area (Å²) < 4.78 is 33.4. The molecule has 0 heterocycles. The largest absolute Gasteiger partial charge is 0.379 e. The molecule has 0 saturated heterocycles. The number of thiol groups is 2. The first-order valence-electron chi connectivity index (χ1n) is 11.2. The van der Waals surface area contributed by atoms with Crippen LogP contribution in [-0.2, 0) is 24.3 Å². The molecule has 0 radical (unpaired) electrons. The third-order valence-electron chi connectivity index (χ3n) is 5.11. The molecule has 0 aliphatic rings. The monoisotopic (exact) mass is 539 g/mol. The second-order valence-electron chi connectivity index (χ2n) is 8.05. The minimum atomic E-state index is -4.06. The van der Waals surface area contributed by atoms with E-state index in [-0.39, 0.29) is 29.1 Å². The molecular weight excluding hydrogens is 506 g/mol. The van der Waals surface area contributed by atoms with Gasteiger partial charge in [-0.15, -0.1) is 0 Å². The van der Waals surface area contributed by atoms with Gasteiger partial charge in [-0.05, 0) is 31.4 Å². The lowest BCUT2D eigenvalue weighted by Gasteiger charge is -2.17. The zero-order chi connectivity index (χ0) is 25.8. The van der Waals surface area contributed by atoms with E-state index in [1.54, 1.807) is 24.4 Å². The maximum Gasteiger partial charge on any atom is 0.264 e. The number of hydrogen-bond donors (Lipinski definition) is 3. The van der Waals surface area contributed by atoms with Gasteiger partial charge in [0, 0.05) is 47.9 Å². The first-order valence-corrected chi connectivity index (χ1v) is 13.7. The second-order valence-corrected chi connectivity index (χ2v) is 11.4. The number of rotatable bonds is 15. The Labute approximate surface area is 218 Å². The molecular formula is C24H33N3O5S3. The van der Waals surface area contributed by atoms with E-state index in [1.807, 2.05) is 37.2 Å². The minimum absolute atomic E-state index is 0.0311. The Kier molecular flexibility index (Phi) is 11.9. The number of ether oxygens (including phenoxy) is 1. The van der Waals surface area contributed by atoms with Crippen molar-refractivity contribution in [1.82, 2.24) is 9.62 Å². The van der Waals surface area contributed by atoms with E-state index in [1.165, 1.54) is 11.0 Å². The summed E-state index contributed by atoms with van der Waals surface area (Å²) in [5, 5.41) is 1.31. The number of nitrogens with zero attached hydrogens (tertiary/aromatic N) is 2. The molecule has 0 aromatic heterocycles. The van der Waals surface area contributed by atoms with Crippen LogP contribution in [0.15, 0.2) is 53.6 Å². The van der Waals surface area contributed by atoms with Crippen LogP contribution in [0.2, 0.25) is 0 Å². The number of nitrogens with one attached hydrogen (secondary N) is 1. The fourth-order valence-electron chi connectivity index (χ4n) is 3.37. The van der Waals surface area contributed by atoms with Crippen molar-refractivity contribution in [3.63, 3.8) is 0 Å². The topological polar surface area (TPSA) is 96.0 Å². The first kappa shape index (κ1) is 29.0. The summed E-state index contributed by atoms with van der Waals surface area (Å²) in [5.41, 5.74) is 0.877. The van der Waals surface area contributed by atoms with Crippen molar-refractivity contribution in [2.75, 3.05) is 38.8 Å². The molecule has 0 aliphatic carbocycles. The molecule has 0 unspecified atom stereocenters. The van der Waals surface area contributed by atoms with Gasteiger partial charge in [0.25, 0.3) is 10.0 Å². The lowest BCUT2D eigenvalue weighted by atomic mass is 10.1. The molecule has 0 atom stereocenters. The molecule has 0 spiro atoms. The van der Waals surface area contributed by atoms with Crippen LogP contribution in [0.3, 0.4) is 0 Å². The Morgan fingerprint density at radius 2 is 1.83 bits per heavy atom. The summed E-state index contributed by atoms with van der Waals surface area (Å²) in [4.78, 5) is 26.8. The standard InChI is InChI=1S/C24H33N3O5S3/c1-26(2)21-10-6-9-20-19(21)8-7-11-22(20)35(30,31)25-23(29)13-16-32-17-15-27(18-28)14-5-3-4-12-24(33)34/h5-11,14,18,24,33-34H,3-4,12-13,15-17H2,1-2H3,(H,25,29). The average molecular weight is 540 g/mol. The molecule has 2 aromatic rings. The summed E-state index contributed by atoms with van der Waals surface area (Å²) in [6.07, 6.45) is 6.76. The Morgan fingerprint density at radius 3 is 2.51 bits per heavy atom. The lowest BCUT2D eigenvalue weighted by molar-refractivity contribution is -0.121. The van der Waals surface area contributed by atoms with E-state index in [9.17, 15) is 18.0 Å². The van der Waals surface area contributed by atoms with Gasteiger partial charge >= 0.3 is 0 Å². The van der Waals surface area contributed by atoms with Crippen molar-refractivity contribution in [3.8, 4) is 0 Å². The number of hydrogen-bond acceptors (Lipinski definition) is 8. The number of anilines is 1.